The van der Waals surface area contributed by atoms with Gasteiger partial charge < -0.3 is 25.2 Å². The molecule has 0 aromatic carbocycles. The van der Waals surface area contributed by atoms with E-state index in [0.717, 1.165) is 31.3 Å². The molecule has 194 valence electrons. The number of allylic oxidation sites excluding steroid dienone is 2. The fraction of sp³-hybridized carbons (Fsp3) is 0.778. The van der Waals surface area contributed by atoms with Crippen molar-refractivity contribution in [3.8, 4) is 0 Å². The quantitative estimate of drug-likeness (QED) is 0.294. The van der Waals surface area contributed by atoms with Gasteiger partial charge in [0.05, 0.1) is 30.1 Å². The summed E-state index contributed by atoms with van der Waals surface area (Å²) >= 11 is 0. The van der Waals surface area contributed by atoms with E-state index in [9.17, 15) is 24.9 Å². The lowest BCUT2D eigenvalue weighted by molar-refractivity contribution is -0.167. The molecule has 0 bridgehead atoms. The van der Waals surface area contributed by atoms with Crippen molar-refractivity contribution in [1.29, 1.82) is 0 Å². The summed E-state index contributed by atoms with van der Waals surface area (Å²) in [5, 5.41) is 39.6. The minimum absolute atomic E-state index is 0.0140. The van der Waals surface area contributed by atoms with Gasteiger partial charge in [-0.15, -0.1) is 0 Å². The number of aliphatic hydroxyl groups excluding tert-OH is 3. The summed E-state index contributed by atoms with van der Waals surface area (Å²) in [6.45, 7) is 8.20. The second kappa shape index (κ2) is 12.8. The molecule has 2 aliphatic carbocycles. The monoisotopic (exact) mass is 480 g/mol. The number of hydrogen-bond donors (Lipinski definition) is 4. The van der Waals surface area contributed by atoms with E-state index in [1.54, 1.807) is 0 Å². The molecule has 0 saturated heterocycles. The van der Waals surface area contributed by atoms with E-state index >= 15 is 0 Å². The van der Waals surface area contributed by atoms with Gasteiger partial charge >= 0.3 is 11.9 Å². The number of ether oxygens (including phenoxy) is 1. The van der Waals surface area contributed by atoms with Gasteiger partial charge in [-0.05, 0) is 56.4 Å². The molecule has 0 amide bonds. The number of aliphatic hydroxyl groups is 3. The Hall–Kier alpha value is -1.70. The molecule has 0 aromatic rings. The lowest BCUT2D eigenvalue weighted by atomic mass is 9.66. The van der Waals surface area contributed by atoms with Crippen LogP contribution in [0.4, 0.5) is 0 Å². The molecule has 4 N–H and O–H groups in total. The molecule has 7 atom stereocenters. The van der Waals surface area contributed by atoms with Crippen LogP contribution in [0.5, 0.6) is 0 Å². The number of rotatable bonds is 13. The molecule has 0 aromatic heterocycles. The first kappa shape index (κ1) is 28.5. The van der Waals surface area contributed by atoms with Crippen molar-refractivity contribution in [2.45, 2.75) is 110 Å². The summed E-state index contributed by atoms with van der Waals surface area (Å²) in [7, 11) is 0. The Morgan fingerprint density at radius 1 is 1.18 bits per heavy atom. The Balaban J connectivity index is 2.16. The van der Waals surface area contributed by atoms with E-state index in [2.05, 4.69) is 26.8 Å². The second-order valence-corrected chi connectivity index (χ2v) is 10.6. The predicted octanol–water partition coefficient (Wildman–Crippen LogP) is 4.00. The van der Waals surface area contributed by atoms with Crippen LogP contribution in [0.25, 0.3) is 0 Å². The normalized spacial score (nSPS) is 28.6. The SMILES string of the molecule is CCCC(C)(CCC)C(=O)O[C@H]1C[C@H](O)C=C2C=C[C@H](C)[C@H](CC[C@@H](O)C[C@@H](O)CC(=O)O)[C@H]21. The van der Waals surface area contributed by atoms with E-state index in [1.807, 2.05) is 19.1 Å². The number of fused-ring (bicyclic) bond motifs is 1. The molecule has 2 rings (SSSR count). The van der Waals surface area contributed by atoms with Crippen LogP contribution in [0.2, 0.25) is 0 Å². The second-order valence-electron chi connectivity index (χ2n) is 10.6. The molecule has 2 aliphatic rings. The van der Waals surface area contributed by atoms with Crippen molar-refractivity contribution in [2.75, 3.05) is 0 Å². The summed E-state index contributed by atoms with van der Waals surface area (Å²) < 4.78 is 6.15. The highest BCUT2D eigenvalue weighted by atomic mass is 16.5. The van der Waals surface area contributed by atoms with Gasteiger partial charge in [-0.3, -0.25) is 9.59 Å². The molecule has 0 saturated carbocycles. The number of esters is 1. The minimum Gasteiger partial charge on any atom is -0.481 e. The zero-order valence-electron chi connectivity index (χ0n) is 21.2. The maximum absolute atomic E-state index is 13.3. The van der Waals surface area contributed by atoms with Crippen molar-refractivity contribution in [3.63, 3.8) is 0 Å². The highest BCUT2D eigenvalue weighted by Crippen LogP contribution is 2.45. The van der Waals surface area contributed by atoms with Crippen molar-refractivity contribution < 1.29 is 34.8 Å². The van der Waals surface area contributed by atoms with Crippen molar-refractivity contribution in [1.82, 2.24) is 0 Å². The Bertz CT molecular complexity index is 737. The first-order valence-electron chi connectivity index (χ1n) is 12.9. The van der Waals surface area contributed by atoms with Crippen molar-refractivity contribution >= 4 is 11.9 Å². The van der Waals surface area contributed by atoms with E-state index < -0.39 is 35.8 Å². The zero-order chi connectivity index (χ0) is 25.5. The fourth-order valence-electron chi connectivity index (χ4n) is 5.80. The van der Waals surface area contributed by atoms with Crippen molar-refractivity contribution in [2.24, 2.45) is 23.2 Å². The molecule has 7 nitrogen and oxygen atoms in total. The highest BCUT2D eigenvalue weighted by molar-refractivity contribution is 5.76. The lowest BCUT2D eigenvalue weighted by Gasteiger charge is -2.43. The molecule has 0 spiro atoms. The summed E-state index contributed by atoms with van der Waals surface area (Å²) in [5.41, 5.74) is 0.422. The number of hydrogen-bond acceptors (Lipinski definition) is 6. The molecule has 0 aliphatic heterocycles. The molecule has 0 radical (unpaired) electrons. The third-order valence-corrected chi connectivity index (χ3v) is 7.52. The number of carbonyl (C=O) groups is 2. The van der Waals surface area contributed by atoms with Crippen molar-refractivity contribution in [3.05, 3.63) is 23.8 Å². The van der Waals surface area contributed by atoms with Gasteiger partial charge in [0.2, 0.25) is 0 Å². The minimum atomic E-state index is -1.09. The van der Waals surface area contributed by atoms with Gasteiger partial charge in [0, 0.05) is 12.3 Å². The smallest absolute Gasteiger partial charge is 0.312 e. The van der Waals surface area contributed by atoms with E-state index in [0.29, 0.717) is 19.3 Å². The van der Waals surface area contributed by atoms with Gasteiger partial charge in [-0.2, -0.15) is 0 Å². The molecular weight excluding hydrogens is 436 g/mol. The molecule has 0 unspecified atom stereocenters. The molecule has 34 heavy (non-hydrogen) atoms. The number of carboxylic acid groups (broad SMARTS) is 1. The summed E-state index contributed by atoms with van der Waals surface area (Å²) in [6, 6.07) is 0. The maximum atomic E-state index is 13.3. The van der Waals surface area contributed by atoms with Gasteiger partial charge in [0.15, 0.2) is 0 Å². The van der Waals surface area contributed by atoms with Gasteiger partial charge in [-0.1, -0.05) is 51.8 Å². The number of carboxylic acids is 1. The van der Waals surface area contributed by atoms with Crippen LogP contribution in [0.3, 0.4) is 0 Å². The van der Waals surface area contributed by atoms with E-state index in [-0.39, 0.29) is 36.6 Å². The average molecular weight is 481 g/mol. The first-order chi connectivity index (χ1) is 16.0. The first-order valence-corrected chi connectivity index (χ1v) is 12.9. The average Bonchev–Trinajstić information content (AvgIpc) is 2.72. The molecule has 0 heterocycles. The molecular formula is C27H44O7. The van der Waals surface area contributed by atoms with Gasteiger partial charge in [0.25, 0.3) is 0 Å². The maximum Gasteiger partial charge on any atom is 0.312 e. The summed E-state index contributed by atoms with van der Waals surface area (Å²) in [6.07, 6.45) is 7.25. The number of aliphatic carboxylic acids is 1. The fourth-order valence-corrected chi connectivity index (χ4v) is 5.80. The van der Waals surface area contributed by atoms with Crippen LogP contribution in [-0.2, 0) is 14.3 Å². The lowest BCUT2D eigenvalue weighted by Crippen LogP contribution is -2.44. The van der Waals surface area contributed by atoms with Gasteiger partial charge in [-0.25, -0.2) is 0 Å². The van der Waals surface area contributed by atoms with Gasteiger partial charge in [0.1, 0.15) is 6.10 Å². The Kier molecular flexibility index (Phi) is 10.8. The third-order valence-electron chi connectivity index (χ3n) is 7.52. The highest BCUT2D eigenvalue weighted by Gasteiger charge is 2.44. The Morgan fingerprint density at radius 3 is 2.41 bits per heavy atom. The zero-order valence-corrected chi connectivity index (χ0v) is 21.2. The standard InChI is InChI=1S/C27H44O7/c1-5-11-27(4,12-6-2)26(33)34-23-15-20(29)13-18-8-7-17(3)22(25(18)23)10-9-19(28)14-21(30)16-24(31)32/h7-8,13,17,19-23,25,28-30H,5-6,9-12,14-16H2,1-4H3,(H,31,32)/t17-,19+,20+,21+,22-,23-,25-/m0/s1. The van der Waals surface area contributed by atoms with Crippen LogP contribution < -0.4 is 0 Å². The van der Waals surface area contributed by atoms with Crippen LogP contribution in [0.1, 0.15) is 85.5 Å². The van der Waals surface area contributed by atoms with Crippen LogP contribution in [-0.4, -0.2) is 56.8 Å². The van der Waals surface area contributed by atoms with Crippen LogP contribution in [0, 0.1) is 23.2 Å². The van der Waals surface area contributed by atoms with E-state index in [4.69, 9.17) is 9.84 Å². The largest absolute Gasteiger partial charge is 0.481 e. The summed E-state index contributed by atoms with van der Waals surface area (Å²) in [5.74, 6) is -1.09. The Morgan fingerprint density at radius 2 is 1.82 bits per heavy atom. The van der Waals surface area contributed by atoms with E-state index in [1.165, 1.54) is 0 Å². The third kappa shape index (κ3) is 7.65. The van der Waals surface area contributed by atoms with Crippen LogP contribution in [0.15, 0.2) is 23.8 Å². The number of carbonyl (C=O) groups excluding carboxylic acids is 1. The topological polar surface area (TPSA) is 124 Å². The molecule has 0 fully saturated rings. The van der Waals surface area contributed by atoms with Crippen LogP contribution >= 0.6 is 0 Å². The Labute approximate surface area is 203 Å². The molecule has 7 heteroatoms. The predicted molar refractivity (Wildman–Crippen MR) is 130 cm³/mol. The summed E-state index contributed by atoms with van der Waals surface area (Å²) in [4.78, 5) is 24.1.